The highest BCUT2D eigenvalue weighted by molar-refractivity contribution is 5.39. The maximum Gasteiger partial charge on any atom is 0.126 e. The second-order valence-electron chi connectivity index (χ2n) is 4.19. The zero-order valence-corrected chi connectivity index (χ0v) is 11.5. The standard InChI is InChI=1S/C17H16FNO2/c18-15-6-2-8-17(13-15)21-11-10-20-16-7-1-4-14(12-16)5-3-9-19/h1-2,4,6-8,12-13H,9-11,19H2. The largest absolute Gasteiger partial charge is 0.490 e. The zero-order valence-electron chi connectivity index (χ0n) is 11.5. The minimum Gasteiger partial charge on any atom is -0.490 e. The Bertz CT molecular complexity index is 646. The molecule has 0 spiro atoms. The highest BCUT2D eigenvalue weighted by Crippen LogP contribution is 2.14. The molecule has 0 fully saturated rings. The Morgan fingerprint density at radius 2 is 1.62 bits per heavy atom. The average Bonchev–Trinajstić information content (AvgIpc) is 2.50. The van der Waals surface area contributed by atoms with Gasteiger partial charge in [0.25, 0.3) is 0 Å². The molecule has 0 unspecified atom stereocenters. The van der Waals surface area contributed by atoms with E-state index in [1.165, 1.54) is 12.1 Å². The second kappa shape index (κ2) is 7.93. The molecular formula is C17H16FNO2. The second-order valence-corrected chi connectivity index (χ2v) is 4.19. The molecule has 4 heteroatoms. The molecule has 0 atom stereocenters. The van der Waals surface area contributed by atoms with Crippen LogP contribution in [0.5, 0.6) is 11.5 Å². The summed E-state index contributed by atoms with van der Waals surface area (Å²) in [5.41, 5.74) is 6.18. The molecule has 0 heterocycles. The van der Waals surface area contributed by atoms with Gasteiger partial charge in [0.15, 0.2) is 0 Å². The summed E-state index contributed by atoms with van der Waals surface area (Å²) in [7, 11) is 0. The van der Waals surface area contributed by atoms with Gasteiger partial charge in [-0.25, -0.2) is 4.39 Å². The molecule has 0 saturated carbocycles. The van der Waals surface area contributed by atoms with Crippen LogP contribution < -0.4 is 15.2 Å². The summed E-state index contributed by atoms with van der Waals surface area (Å²) < 4.78 is 23.9. The average molecular weight is 285 g/mol. The van der Waals surface area contributed by atoms with Gasteiger partial charge in [-0.3, -0.25) is 0 Å². The Kier molecular flexibility index (Phi) is 5.62. The minimum atomic E-state index is -0.320. The van der Waals surface area contributed by atoms with Crippen LogP contribution in [-0.4, -0.2) is 19.8 Å². The third kappa shape index (κ3) is 5.17. The van der Waals surface area contributed by atoms with Crippen molar-refractivity contribution < 1.29 is 13.9 Å². The van der Waals surface area contributed by atoms with Crippen LogP contribution in [-0.2, 0) is 0 Å². The smallest absolute Gasteiger partial charge is 0.126 e. The number of hydrogen-bond donors (Lipinski definition) is 1. The van der Waals surface area contributed by atoms with Gasteiger partial charge in [0.05, 0.1) is 6.54 Å². The lowest BCUT2D eigenvalue weighted by atomic mass is 10.2. The van der Waals surface area contributed by atoms with E-state index in [0.29, 0.717) is 31.3 Å². The van der Waals surface area contributed by atoms with Gasteiger partial charge in [-0.1, -0.05) is 24.0 Å². The van der Waals surface area contributed by atoms with Crippen molar-refractivity contribution in [1.29, 1.82) is 0 Å². The minimum absolute atomic E-state index is 0.320. The molecule has 0 aromatic heterocycles. The fraction of sp³-hybridized carbons (Fsp3) is 0.176. The van der Waals surface area contributed by atoms with Crippen molar-refractivity contribution >= 4 is 0 Å². The van der Waals surface area contributed by atoms with Gasteiger partial charge in [-0.2, -0.15) is 0 Å². The molecule has 2 aromatic carbocycles. The molecule has 0 amide bonds. The monoisotopic (exact) mass is 285 g/mol. The summed E-state index contributed by atoms with van der Waals surface area (Å²) >= 11 is 0. The van der Waals surface area contributed by atoms with E-state index >= 15 is 0 Å². The van der Waals surface area contributed by atoms with E-state index in [9.17, 15) is 4.39 Å². The summed E-state index contributed by atoms with van der Waals surface area (Å²) in [6.07, 6.45) is 0. The predicted molar refractivity (Wildman–Crippen MR) is 79.8 cm³/mol. The van der Waals surface area contributed by atoms with E-state index in [-0.39, 0.29) is 5.82 Å². The fourth-order valence-corrected chi connectivity index (χ4v) is 1.69. The van der Waals surface area contributed by atoms with Crippen molar-refractivity contribution in [2.75, 3.05) is 19.8 Å². The van der Waals surface area contributed by atoms with Gasteiger partial charge in [0.2, 0.25) is 0 Å². The van der Waals surface area contributed by atoms with Crippen molar-refractivity contribution in [3.05, 3.63) is 59.9 Å². The summed E-state index contributed by atoms with van der Waals surface area (Å²) in [4.78, 5) is 0. The Morgan fingerprint density at radius 1 is 0.952 bits per heavy atom. The van der Waals surface area contributed by atoms with Crippen LogP contribution in [0.3, 0.4) is 0 Å². The summed E-state index contributed by atoms with van der Waals surface area (Å²) in [6.45, 7) is 1.03. The molecule has 2 N–H and O–H groups in total. The van der Waals surface area contributed by atoms with Gasteiger partial charge in [-0.15, -0.1) is 0 Å². The number of nitrogens with two attached hydrogens (primary N) is 1. The zero-order chi connectivity index (χ0) is 14.9. The number of hydrogen-bond acceptors (Lipinski definition) is 3. The van der Waals surface area contributed by atoms with Gasteiger partial charge < -0.3 is 15.2 Å². The third-order valence-electron chi connectivity index (χ3n) is 2.59. The molecular weight excluding hydrogens is 269 g/mol. The lowest BCUT2D eigenvalue weighted by Crippen LogP contribution is -2.09. The molecule has 2 rings (SSSR count). The normalized spacial score (nSPS) is 9.62. The summed E-state index contributed by atoms with van der Waals surface area (Å²) in [5.74, 6) is 6.60. The Morgan fingerprint density at radius 3 is 2.29 bits per heavy atom. The van der Waals surface area contributed by atoms with Crippen molar-refractivity contribution in [3.8, 4) is 23.3 Å². The molecule has 0 saturated heterocycles. The third-order valence-corrected chi connectivity index (χ3v) is 2.59. The first kappa shape index (κ1) is 14.9. The maximum absolute atomic E-state index is 13.0. The number of ether oxygens (including phenoxy) is 2. The van der Waals surface area contributed by atoms with Gasteiger partial charge in [0, 0.05) is 11.6 Å². The molecule has 2 aromatic rings. The highest BCUT2D eigenvalue weighted by atomic mass is 19.1. The number of rotatable bonds is 5. The molecule has 0 aliphatic carbocycles. The maximum atomic E-state index is 13.0. The number of benzene rings is 2. The highest BCUT2D eigenvalue weighted by Gasteiger charge is 1.98. The van der Waals surface area contributed by atoms with E-state index in [0.717, 1.165) is 5.56 Å². The van der Waals surface area contributed by atoms with Gasteiger partial charge in [0.1, 0.15) is 30.5 Å². The summed E-state index contributed by atoms with van der Waals surface area (Å²) in [5, 5.41) is 0. The Hall–Kier alpha value is -2.51. The van der Waals surface area contributed by atoms with Crippen LogP contribution in [0, 0.1) is 17.7 Å². The van der Waals surface area contributed by atoms with Crippen molar-refractivity contribution in [2.24, 2.45) is 5.73 Å². The molecule has 3 nitrogen and oxygen atoms in total. The van der Waals surface area contributed by atoms with Crippen LogP contribution in [0.15, 0.2) is 48.5 Å². The lowest BCUT2D eigenvalue weighted by molar-refractivity contribution is 0.216. The molecule has 0 bridgehead atoms. The van der Waals surface area contributed by atoms with Gasteiger partial charge >= 0.3 is 0 Å². The SMILES string of the molecule is NCC#Cc1cccc(OCCOc2cccc(F)c2)c1. The topological polar surface area (TPSA) is 44.5 Å². The van der Waals surface area contributed by atoms with Crippen molar-refractivity contribution in [1.82, 2.24) is 0 Å². The van der Waals surface area contributed by atoms with E-state index in [2.05, 4.69) is 11.8 Å². The van der Waals surface area contributed by atoms with E-state index in [1.807, 2.05) is 24.3 Å². The van der Waals surface area contributed by atoms with Crippen LogP contribution >= 0.6 is 0 Å². The fourth-order valence-electron chi connectivity index (χ4n) is 1.69. The summed E-state index contributed by atoms with van der Waals surface area (Å²) in [6, 6.07) is 13.4. The molecule has 0 aliphatic heterocycles. The molecule has 0 radical (unpaired) electrons. The van der Waals surface area contributed by atoms with E-state index in [4.69, 9.17) is 15.2 Å². The van der Waals surface area contributed by atoms with E-state index < -0.39 is 0 Å². The van der Waals surface area contributed by atoms with Crippen LogP contribution in [0.4, 0.5) is 4.39 Å². The first-order valence-electron chi connectivity index (χ1n) is 6.58. The van der Waals surface area contributed by atoms with Crippen molar-refractivity contribution in [3.63, 3.8) is 0 Å². The van der Waals surface area contributed by atoms with E-state index in [1.54, 1.807) is 12.1 Å². The van der Waals surface area contributed by atoms with Crippen LogP contribution in [0.25, 0.3) is 0 Å². The Balaban J connectivity index is 1.81. The molecule has 108 valence electrons. The molecule has 0 aliphatic rings. The first-order chi connectivity index (χ1) is 10.3. The van der Waals surface area contributed by atoms with Crippen LogP contribution in [0.2, 0.25) is 0 Å². The van der Waals surface area contributed by atoms with Crippen LogP contribution in [0.1, 0.15) is 5.56 Å². The molecule has 21 heavy (non-hydrogen) atoms. The first-order valence-corrected chi connectivity index (χ1v) is 6.58. The predicted octanol–water partition coefficient (Wildman–Crippen LogP) is 2.59. The van der Waals surface area contributed by atoms with Crippen molar-refractivity contribution in [2.45, 2.75) is 0 Å². The lowest BCUT2D eigenvalue weighted by Gasteiger charge is -2.08. The quantitative estimate of drug-likeness (QED) is 0.678. The van der Waals surface area contributed by atoms with Gasteiger partial charge in [-0.05, 0) is 30.3 Å². The Labute approximate surface area is 123 Å². The number of halogens is 1.